The van der Waals surface area contributed by atoms with Gasteiger partial charge in [-0.2, -0.15) is 10.5 Å². The molecule has 170 valence electrons. The summed E-state index contributed by atoms with van der Waals surface area (Å²) in [4.78, 5) is 26.5. The Morgan fingerprint density at radius 3 is 2.38 bits per heavy atom. The Labute approximate surface area is 195 Å². The first-order valence-corrected chi connectivity index (χ1v) is 10.6. The molecule has 9 nitrogen and oxygen atoms in total. The predicted molar refractivity (Wildman–Crippen MR) is 123 cm³/mol. The average molecular weight is 456 g/mol. The molecule has 1 aliphatic heterocycles. The summed E-state index contributed by atoms with van der Waals surface area (Å²) in [5.74, 6) is -0.0493. The number of piperidine rings is 1. The third kappa shape index (κ3) is 5.08. The number of nitriles is 2. The van der Waals surface area contributed by atoms with Crippen molar-refractivity contribution >= 4 is 17.4 Å². The number of nitrogens with zero attached hydrogens (tertiary/aromatic N) is 6. The van der Waals surface area contributed by atoms with E-state index in [1.165, 1.54) is 18.6 Å². The zero-order chi connectivity index (χ0) is 24.1. The Kier molecular flexibility index (Phi) is 6.60. The van der Waals surface area contributed by atoms with Gasteiger partial charge in [0.25, 0.3) is 5.91 Å². The molecule has 1 amide bonds. The highest BCUT2D eigenvalue weighted by Gasteiger charge is 2.30. The summed E-state index contributed by atoms with van der Waals surface area (Å²) in [6.07, 6.45) is 3.94. The number of pyridine rings is 3. The Bertz CT molecular complexity index is 1260. The van der Waals surface area contributed by atoms with Gasteiger partial charge in [0.05, 0.1) is 35.0 Å². The van der Waals surface area contributed by atoms with Crippen LogP contribution in [0.2, 0.25) is 0 Å². The molecule has 0 aromatic carbocycles. The number of hydrogen-bond acceptors (Lipinski definition) is 8. The van der Waals surface area contributed by atoms with Crippen LogP contribution in [0.15, 0.2) is 48.9 Å². The number of amides is 1. The normalized spacial score (nSPS) is 17.4. The van der Waals surface area contributed by atoms with E-state index in [0.717, 1.165) is 0 Å². The van der Waals surface area contributed by atoms with Gasteiger partial charge in [0, 0.05) is 42.9 Å². The first-order chi connectivity index (χ1) is 16.5. The molecule has 34 heavy (non-hydrogen) atoms. The monoisotopic (exact) mass is 456 g/mol. The maximum absolute atomic E-state index is 15.1. The van der Waals surface area contributed by atoms with Crippen LogP contribution in [0.3, 0.4) is 0 Å². The first-order valence-electron chi connectivity index (χ1n) is 10.6. The molecule has 1 fully saturated rings. The van der Waals surface area contributed by atoms with Gasteiger partial charge in [0.2, 0.25) is 0 Å². The van der Waals surface area contributed by atoms with Gasteiger partial charge in [-0.1, -0.05) is 0 Å². The zero-order valence-electron chi connectivity index (χ0n) is 18.1. The lowest BCUT2D eigenvalue weighted by Crippen LogP contribution is -2.48. The van der Waals surface area contributed by atoms with Crippen LogP contribution in [-0.4, -0.2) is 46.2 Å². The molecule has 1 aliphatic rings. The summed E-state index contributed by atoms with van der Waals surface area (Å²) < 4.78 is 15.1. The van der Waals surface area contributed by atoms with Crippen molar-refractivity contribution in [2.24, 2.45) is 5.73 Å². The van der Waals surface area contributed by atoms with Gasteiger partial charge in [0.15, 0.2) is 0 Å². The summed E-state index contributed by atoms with van der Waals surface area (Å²) in [5, 5.41) is 21.0. The van der Waals surface area contributed by atoms with E-state index in [9.17, 15) is 4.79 Å². The van der Waals surface area contributed by atoms with Crippen LogP contribution >= 0.6 is 0 Å². The first kappa shape index (κ1) is 22.6. The zero-order valence-corrected chi connectivity index (χ0v) is 18.1. The molecule has 0 radical (unpaired) electrons. The summed E-state index contributed by atoms with van der Waals surface area (Å²) in [7, 11) is 0. The molecule has 2 atom stereocenters. The fraction of sp³-hybridized carbons (Fsp3) is 0.250. The van der Waals surface area contributed by atoms with Crippen molar-refractivity contribution in [1.82, 2.24) is 15.0 Å². The van der Waals surface area contributed by atoms with E-state index in [0.29, 0.717) is 53.4 Å². The molecule has 3 aromatic heterocycles. The molecule has 0 bridgehead atoms. The standard InChI is InChI=1S/C24H21FN8O/c25-20-14-33(23-4-2-16(10-27)12-31-23)6-5-21(20)32-22-8-18(30-13-19(22)24(28)34)7-17-3-1-15(9-26)11-29-17/h1-4,8,11-13,20-21H,5-7,14H2,(H2,28,34)(H,30,32)/t20-,21+/m0/s1. The van der Waals surface area contributed by atoms with Crippen LogP contribution < -0.4 is 16.0 Å². The van der Waals surface area contributed by atoms with Crippen molar-refractivity contribution in [3.63, 3.8) is 0 Å². The number of halogens is 1. The Morgan fingerprint density at radius 1 is 1.09 bits per heavy atom. The summed E-state index contributed by atoms with van der Waals surface area (Å²) in [6, 6.07) is 11.9. The average Bonchev–Trinajstić information content (AvgIpc) is 2.86. The van der Waals surface area contributed by atoms with Crippen molar-refractivity contribution in [1.29, 1.82) is 10.5 Å². The molecule has 10 heteroatoms. The molecular formula is C24H21FN8O. The fourth-order valence-corrected chi connectivity index (χ4v) is 3.81. The molecule has 4 heterocycles. The topological polar surface area (TPSA) is 145 Å². The highest BCUT2D eigenvalue weighted by molar-refractivity contribution is 5.98. The number of aromatic nitrogens is 3. The molecule has 0 spiro atoms. The SMILES string of the molecule is N#Cc1ccc(Cc2cc(N[C@@H]3CCN(c4ccc(C#N)cn4)C[C@@H]3F)c(C(N)=O)cn2)nc1. The number of nitrogens with two attached hydrogens (primary N) is 1. The van der Waals surface area contributed by atoms with Gasteiger partial charge >= 0.3 is 0 Å². The van der Waals surface area contributed by atoms with E-state index >= 15 is 4.39 Å². The van der Waals surface area contributed by atoms with Gasteiger partial charge < -0.3 is 16.0 Å². The maximum Gasteiger partial charge on any atom is 0.252 e. The van der Waals surface area contributed by atoms with Gasteiger partial charge in [0.1, 0.15) is 24.1 Å². The summed E-state index contributed by atoms with van der Waals surface area (Å²) in [6.45, 7) is 0.672. The number of carbonyl (C=O) groups excluding carboxylic acids is 1. The van der Waals surface area contributed by atoms with Crippen molar-refractivity contribution < 1.29 is 9.18 Å². The number of rotatable bonds is 6. The third-order valence-electron chi connectivity index (χ3n) is 5.63. The molecule has 1 saturated heterocycles. The minimum Gasteiger partial charge on any atom is -0.378 e. The lowest BCUT2D eigenvalue weighted by atomic mass is 10.0. The number of nitrogens with one attached hydrogen (secondary N) is 1. The van der Waals surface area contributed by atoms with Crippen LogP contribution in [0.4, 0.5) is 15.9 Å². The summed E-state index contributed by atoms with van der Waals surface area (Å²) >= 11 is 0. The molecule has 3 N–H and O–H groups in total. The number of primary amides is 1. The number of hydrogen-bond donors (Lipinski definition) is 2. The molecular weight excluding hydrogens is 435 g/mol. The van der Waals surface area contributed by atoms with Crippen molar-refractivity contribution in [3.8, 4) is 12.1 Å². The van der Waals surface area contributed by atoms with Gasteiger partial charge in [-0.3, -0.25) is 14.8 Å². The predicted octanol–water partition coefficient (Wildman–Crippen LogP) is 2.33. The van der Waals surface area contributed by atoms with Gasteiger partial charge in [-0.15, -0.1) is 0 Å². The summed E-state index contributed by atoms with van der Waals surface area (Å²) in [5.41, 5.74) is 8.35. The smallest absolute Gasteiger partial charge is 0.252 e. The van der Waals surface area contributed by atoms with Crippen molar-refractivity contribution in [3.05, 3.63) is 77.0 Å². The second-order valence-corrected chi connectivity index (χ2v) is 7.93. The van der Waals surface area contributed by atoms with E-state index in [1.54, 1.807) is 30.3 Å². The second kappa shape index (κ2) is 9.92. The van der Waals surface area contributed by atoms with E-state index in [2.05, 4.69) is 20.3 Å². The number of anilines is 2. The number of alkyl halides is 1. The molecule has 0 saturated carbocycles. The quantitative estimate of drug-likeness (QED) is 0.575. The molecule has 4 rings (SSSR count). The van der Waals surface area contributed by atoms with Gasteiger partial charge in [-0.05, 0) is 36.8 Å². The Hall–Kier alpha value is -4.57. The van der Waals surface area contributed by atoms with Crippen LogP contribution in [0, 0.1) is 22.7 Å². The number of carbonyl (C=O) groups is 1. The van der Waals surface area contributed by atoms with E-state index in [-0.39, 0.29) is 12.1 Å². The van der Waals surface area contributed by atoms with Crippen LogP contribution in [0.1, 0.15) is 39.3 Å². The largest absolute Gasteiger partial charge is 0.378 e. The molecule has 3 aromatic rings. The minimum atomic E-state index is -1.23. The lowest BCUT2D eigenvalue weighted by Gasteiger charge is -2.36. The Balaban J connectivity index is 1.48. The van der Waals surface area contributed by atoms with Crippen molar-refractivity contribution in [2.45, 2.75) is 25.1 Å². The third-order valence-corrected chi connectivity index (χ3v) is 5.63. The lowest BCUT2D eigenvalue weighted by molar-refractivity contribution is 0.100. The fourth-order valence-electron chi connectivity index (χ4n) is 3.81. The minimum absolute atomic E-state index is 0.121. The van der Waals surface area contributed by atoms with Crippen LogP contribution in [-0.2, 0) is 6.42 Å². The molecule has 0 unspecified atom stereocenters. The van der Waals surface area contributed by atoms with Crippen LogP contribution in [0.25, 0.3) is 0 Å². The van der Waals surface area contributed by atoms with Gasteiger partial charge in [-0.25, -0.2) is 9.37 Å². The highest BCUT2D eigenvalue weighted by Crippen LogP contribution is 2.25. The van der Waals surface area contributed by atoms with Crippen molar-refractivity contribution in [2.75, 3.05) is 23.3 Å². The van der Waals surface area contributed by atoms with E-state index < -0.39 is 18.1 Å². The van der Waals surface area contributed by atoms with Crippen LogP contribution in [0.5, 0.6) is 0 Å². The highest BCUT2D eigenvalue weighted by atomic mass is 19.1. The Morgan fingerprint density at radius 2 is 1.79 bits per heavy atom. The van der Waals surface area contributed by atoms with E-state index in [1.807, 2.05) is 17.0 Å². The maximum atomic E-state index is 15.1. The van der Waals surface area contributed by atoms with E-state index in [4.69, 9.17) is 16.3 Å². The second-order valence-electron chi connectivity index (χ2n) is 7.93. The molecule has 0 aliphatic carbocycles.